The predicted octanol–water partition coefficient (Wildman–Crippen LogP) is 3.49. The number of hydrazine groups is 1. The topological polar surface area (TPSA) is 47.3 Å². The van der Waals surface area contributed by atoms with Crippen molar-refractivity contribution in [3.05, 3.63) is 35.4 Å². The van der Waals surface area contributed by atoms with E-state index in [1.807, 2.05) is 0 Å². The van der Waals surface area contributed by atoms with E-state index < -0.39 is 0 Å². The van der Waals surface area contributed by atoms with E-state index in [2.05, 4.69) is 29.7 Å². The fraction of sp³-hybridized carbons (Fsp3) is 0.667. The average Bonchev–Trinajstić information content (AvgIpc) is 2.55. The Kier molecular flexibility index (Phi) is 5.28. The SMILES string of the molecule is NNC(CC1CCCCC1)CC1OCCc2ccccc21. The van der Waals surface area contributed by atoms with Crippen LogP contribution in [0.4, 0.5) is 0 Å². The van der Waals surface area contributed by atoms with Crippen LogP contribution in [0.25, 0.3) is 0 Å². The van der Waals surface area contributed by atoms with Gasteiger partial charge in [-0.3, -0.25) is 11.3 Å². The van der Waals surface area contributed by atoms with Crippen molar-refractivity contribution in [3.63, 3.8) is 0 Å². The summed E-state index contributed by atoms with van der Waals surface area (Å²) in [5.41, 5.74) is 5.86. The molecule has 1 aliphatic heterocycles. The van der Waals surface area contributed by atoms with Gasteiger partial charge in [-0.2, -0.15) is 0 Å². The van der Waals surface area contributed by atoms with Gasteiger partial charge in [-0.15, -0.1) is 0 Å². The number of nitrogens with one attached hydrogen (secondary N) is 1. The molecule has 21 heavy (non-hydrogen) atoms. The molecule has 3 nitrogen and oxygen atoms in total. The molecular weight excluding hydrogens is 260 g/mol. The minimum atomic E-state index is 0.208. The molecule has 0 amide bonds. The molecule has 3 N–H and O–H groups in total. The smallest absolute Gasteiger partial charge is 0.0843 e. The van der Waals surface area contributed by atoms with Gasteiger partial charge in [-0.1, -0.05) is 56.4 Å². The van der Waals surface area contributed by atoms with Crippen molar-refractivity contribution >= 4 is 0 Å². The molecule has 2 atom stereocenters. The van der Waals surface area contributed by atoms with Crippen LogP contribution in [0.3, 0.4) is 0 Å². The van der Waals surface area contributed by atoms with Gasteiger partial charge >= 0.3 is 0 Å². The van der Waals surface area contributed by atoms with Gasteiger partial charge in [0, 0.05) is 6.04 Å². The quantitative estimate of drug-likeness (QED) is 0.644. The van der Waals surface area contributed by atoms with Crippen molar-refractivity contribution in [1.29, 1.82) is 0 Å². The molecule has 1 aromatic carbocycles. The number of fused-ring (bicyclic) bond motifs is 1. The van der Waals surface area contributed by atoms with Crippen molar-refractivity contribution in [2.24, 2.45) is 11.8 Å². The Labute approximate surface area is 128 Å². The first kappa shape index (κ1) is 15.0. The number of rotatable bonds is 5. The Morgan fingerprint density at radius 2 is 1.95 bits per heavy atom. The minimum absolute atomic E-state index is 0.208. The highest BCUT2D eigenvalue weighted by atomic mass is 16.5. The van der Waals surface area contributed by atoms with Gasteiger partial charge in [0.2, 0.25) is 0 Å². The molecule has 0 spiro atoms. The van der Waals surface area contributed by atoms with Crippen LogP contribution >= 0.6 is 0 Å². The van der Waals surface area contributed by atoms with Crippen molar-refractivity contribution in [1.82, 2.24) is 5.43 Å². The number of hydrogen-bond acceptors (Lipinski definition) is 3. The number of benzene rings is 1. The van der Waals surface area contributed by atoms with E-state index in [0.29, 0.717) is 6.04 Å². The molecule has 1 fully saturated rings. The third-order valence-electron chi connectivity index (χ3n) is 5.17. The van der Waals surface area contributed by atoms with E-state index in [1.165, 1.54) is 49.7 Å². The lowest BCUT2D eigenvalue weighted by molar-refractivity contribution is 0.0270. The van der Waals surface area contributed by atoms with Gasteiger partial charge < -0.3 is 4.74 Å². The van der Waals surface area contributed by atoms with Crippen LogP contribution in [0.5, 0.6) is 0 Å². The van der Waals surface area contributed by atoms with Crippen LogP contribution in [0.1, 0.15) is 62.2 Å². The Morgan fingerprint density at radius 3 is 2.76 bits per heavy atom. The van der Waals surface area contributed by atoms with E-state index in [0.717, 1.165) is 25.4 Å². The van der Waals surface area contributed by atoms with E-state index >= 15 is 0 Å². The first-order valence-corrected chi connectivity index (χ1v) is 8.52. The summed E-state index contributed by atoms with van der Waals surface area (Å²) in [6.07, 6.45) is 10.4. The average molecular weight is 288 g/mol. The molecule has 1 heterocycles. The first-order valence-electron chi connectivity index (χ1n) is 8.52. The number of hydrogen-bond donors (Lipinski definition) is 2. The van der Waals surface area contributed by atoms with Crippen molar-refractivity contribution in [2.45, 2.75) is 63.5 Å². The number of nitrogens with two attached hydrogens (primary N) is 1. The molecule has 1 aliphatic carbocycles. The third-order valence-corrected chi connectivity index (χ3v) is 5.17. The van der Waals surface area contributed by atoms with Gasteiger partial charge in [0.15, 0.2) is 0 Å². The highest BCUT2D eigenvalue weighted by molar-refractivity contribution is 5.31. The molecule has 0 bridgehead atoms. The highest BCUT2D eigenvalue weighted by Crippen LogP contribution is 2.33. The summed E-state index contributed by atoms with van der Waals surface area (Å²) in [5, 5.41) is 0. The maximum absolute atomic E-state index is 6.03. The first-order chi connectivity index (χ1) is 10.4. The second kappa shape index (κ2) is 7.39. The molecule has 1 saturated carbocycles. The van der Waals surface area contributed by atoms with Crippen LogP contribution in [0.2, 0.25) is 0 Å². The summed E-state index contributed by atoms with van der Waals surface area (Å²) in [5.74, 6) is 6.67. The van der Waals surface area contributed by atoms with Crippen molar-refractivity contribution < 1.29 is 4.74 Å². The zero-order valence-corrected chi connectivity index (χ0v) is 12.9. The van der Waals surface area contributed by atoms with Crippen LogP contribution in [0.15, 0.2) is 24.3 Å². The molecule has 0 aromatic heterocycles. The lowest BCUT2D eigenvalue weighted by atomic mass is 9.83. The van der Waals surface area contributed by atoms with E-state index in [-0.39, 0.29) is 6.10 Å². The second-order valence-electron chi connectivity index (χ2n) is 6.65. The van der Waals surface area contributed by atoms with Gasteiger partial charge in [0.05, 0.1) is 12.7 Å². The standard InChI is InChI=1S/C18H28N2O/c19-20-16(12-14-6-2-1-3-7-14)13-18-17-9-5-4-8-15(17)10-11-21-18/h4-5,8-9,14,16,18,20H,1-3,6-7,10-13,19H2. The van der Waals surface area contributed by atoms with Crippen molar-refractivity contribution in [3.8, 4) is 0 Å². The Bertz CT molecular complexity index is 443. The Balaban J connectivity index is 1.61. The van der Waals surface area contributed by atoms with Crippen LogP contribution < -0.4 is 11.3 Å². The maximum atomic E-state index is 6.03. The molecular formula is C18H28N2O. The summed E-state index contributed by atoms with van der Waals surface area (Å²) in [6, 6.07) is 9.06. The van der Waals surface area contributed by atoms with Crippen LogP contribution in [-0.2, 0) is 11.2 Å². The summed E-state index contributed by atoms with van der Waals surface area (Å²) < 4.78 is 6.03. The minimum Gasteiger partial charge on any atom is -0.373 e. The largest absolute Gasteiger partial charge is 0.373 e. The third kappa shape index (κ3) is 3.85. The Hall–Kier alpha value is -0.900. The van der Waals surface area contributed by atoms with Gasteiger partial charge in [-0.25, -0.2) is 0 Å². The van der Waals surface area contributed by atoms with E-state index in [9.17, 15) is 0 Å². The lowest BCUT2D eigenvalue weighted by Crippen LogP contribution is -2.39. The normalized spacial score (nSPS) is 24.5. The molecule has 116 valence electrons. The second-order valence-corrected chi connectivity index (χ2v) is 6.65. The van der Waals surface area contributed by atoms with Gasteiger partial charge in [-0.05, 0) is 36.3 Å². The van der Waals surface area contributed by atoms with Crippen LogP contribution in [0, 0.1) is 5.92 Å². The Morgan fingerprint density at radius 1 is 1.14 bits per heavy atom. The van der Waals surface area contributed by atoms with Crippen LogP contribution in [-0.4, -0.2) is 12.6 Å². The maximum Gasteiger partial charge on any atom is 0.0843 e. The van der Waals surface area contributed by atoms with Gasteiger partial charge in [0.25, 0.3) is 0 Å². The molecule has 3 heteroatoms. The number of ether oxygens (including phenoxy) is 1. The zero-order valence-electron chi connectivity index (χ0n) is 12.9. The fourth-order valence-corrected chi connectivity index (χ4v) is 3.99. The summed E-state index contributed by atoms with van der Waals surface area (Å²) in [4.78, 5) is 0. The predicted molar refractivity (Wildman–Crippen MR) is 85.8 cm³/mol. The summed E-state index contributed by atoms with van der Waals surface area (Å²) in [6.45, 7) is 0.836. The molecule has 0 radical (unpaired) electrons. The highest BCUT2D eigenvalue weighted by Gasteiger charge is 2.25. The molecule has 3 rings (SSSR count). The lowest BCUT2D eigenvalue weighted by Gasteiger charge is -2.31. The molecule has 0 saturated heterocycles. The van der Waals surface area contributed by atoms with Crippen molar-refractivity contribution in [2.75, 3.05) is 6.61 Å². The molecule has 2 aliphatic rings. The molecule has 2 unspecified atom stereocenters. The van der Waals surface area contributed by atoms with E-state index in [1.54, 1.807) is 0 Å². The summed E-state index contributed by atoms with van der Waals surface area (Å²) >= 11 is 0. The van der Waals surface area contributed by atoms with E-state index in [4.69, 9.17) is 10.6 Å². The van der Waals surface area contributed by atoms with Gasteiger partial charge in [0.1, 0.15) is 0 Å². The molecule has 1 aromatic rings. The fourth-order valence-electron chi connectivity index (χ4n) is 3.99. The monoisotopic (exact) mass is 288 g/mol. The zero-order chi connectivity index (χ0) is 14.5. The summed E-state index contributed by atoms with van der Waals surface area (Å²) in [7, 11) is 0.